The highest BCUT2D eigenvalue weighted by Crippen LogP contribution is 2.49. The van der Waals surface area contributed by atoms with Crippen molar-refractivity contribution in [2.75, 3.05) is 19.7 Å². The smallest absolute Gasteiger partial charge is 0.314 e. The van der Waals surface area contributed by atoms with Gasteiger partial charge in [-0.05, 0) is 43.4 Å². The molecule has 15 heavy (non-hydrogen) atoms. The maximum atomic E-state index is 10.9. The van der Waals surface area contributed by atoms with Gasteiger partial charge < -0.3 is 15.7 Å². The third kappa shape index (κ3) is 2.43. The zero-order valence-electron chi connectivity index (χ0n) is 9.06. The van der Waals surface area contributed by atoms with Gasteiger partial charge in [0.2, 0.25) is 0 Å². The number of urea groups is 1. The second kappa shape index (κ2) is 4.39. The predicted molar refractivity (Wildman–Crippen MR) is 57.2 cm³/mol. The molecular weight excluding hydrogens is 192 g/mol. The van der Waals surface area contributed by atoms with Gasteiger partial charge in [-0.3, -0.25) is 0 Å². The topological polar surface area (TPSA) is 66.6 Å². The summed E-state index contributed by atoms with van der Waals surface area (Å²) >= 11 is 0. The maximum Gasteiger partial charge on any atom is 0.314 e. The number of primary amides is 1. The van der Waals surface area contributed by atoms with E-state index < -0.39 is 0 Å². The molecule has 2 unspecified atom stereocenters. The van der Waals surface area contributed by atoms with Gasteiger partial charge in [0.05, 0.1) is 0 Å². The van der Waals surface area contributed by atoms with E-state index >= 15 is 0 Å². The van der Waals surface area contributed by atoms with Gasteiger partial charge >= 0.3 is 6.03 Å². The van der Waals surface area contributed by atoms with Crippen LogP contribution in [0.1, 0.15) is 25.7 Å². The molecule has 0 bridgehead atoms. The molecule has 2 fully saturated rings. The molecule has 2 rings (SSSR count). The molecule has 0 radical (unpaired) electrons. The Hall–Kier alpha value is -0.770. The van der Waals surface area contributed by atoms with Crippen LogP contribution in [-0.4, -0.2) is 35.7 Å². The molecule has 4 heteroatoms. The second-order valence-corrected chi connectivity index (χ2v) is 4.83. The van der Waals surface area contributed by atoms with Gasteiger partial charge in [-0.25, -0.2) is 4.79 Å². The maximum absolute atomic E-state index is 10.9. The number of carbonyl (C=O) groups excluding carboxylic acids is 1. The summed E-state index contributed by atoms with van der Waals surface area (Å²) < 4.78 is 0. The van der Waals surface area contributed by atoms with Crippen LogP contribution in [0.15, 0.2) is 0 Å². The first-order chi connectivity index (χ1) is 7.22. The average molecular weight is 212 g/mol. The van der Waals surface area contributed by atoms with E-state index in [1.807, 2.05) is 0 Å². The lowest BCUT2D eigenvalue weighted by atomic mass is 9.90. The van der Waals surface area contributed by atoms with E-state index in [2.05, 4.69) is 0 Å². The van der Waals surface area contributed by atoms with Gasteiger partial charge in [0.25, 0.3) is 0 Å². The number of aliphatic hydroxyl groups excluding tert-OH is 1. The van der Waals surface area contributed by atoms with Crippen LogP contribution in [0.25, 0.3) is 0 Å². The Morgan fingerprint density at radius 1 is 1.40 bits per heavy atom. The molecule has 2 atom stereocenters. The van der Waals surface area contributed by atoms with E-state index in [0.29, 0.717) is 6.61 Å². The fraction of sp³-hybridized carbons (Fsp3) is 0.909. The second-order valence-electron chi connectivity index (χ2n) is 4.83. The fourth-order valence-electron chi connectivity index (χ4n) is 2.89. The molecular formula is C11H20N2O2. The summed E-state index contributed by atoms with van der Waals surface area (Å²) in [6.45, 7) is 1.96. The number of nitrogens with two attached hydrogens (primary N) is 1. The van der Waals surface area contributed by atoms with E-state index in [-0.39, 0.29) is 6.03 Å². The summed E-state index contributed by atoms with van der Waals surface area (Å²) in [5.74, 6) is 2.32. The van der Waals surface area contributed by atoms with Gasteiger partial charge in [-0.15, -0.1) is 0 Å². The first kappa shape index (κ1) is 10.7. The van der Waals surface area contributed by atoms with E-state index in [4.69, 9.17) is 10.8 Å². The van der Waals surface area contributed by atoms with Crippen molar-refractivity contribution in [1.29, 1.82) is 0 Å². The molecule has 2 aliphatic rings. The fourth-order valence-corrected chi connectivity index (χ4v) is 2.89. The van der Waals surface area contributed by atoms with Crippen molar-refractivity contribution in [3.8, 4) is 0 Å². The molecule has 2 amide bonds. The number of likely N-dealkylation sites (tertiary alicyclic amines) is 1. The molecule has 0 aromatic heterocycles. The van der Waals surface area contributed by atoms with Crippen LogP contribution in [-0.2, 0) is 0 Å². The summed E-state index contributed by atoms with van der Waals surface area (Å²) in [5.41, 5.74) is 5.23. The summed E-state index contributed by atoms with van der Waals surface area (Å²) in [5, 5.41) is 8.84. The Morgan fingerprint density at radius 3 is 2.60 bits per heavy atom. The summed E-state index contributed by atoms with van der Waals surface area (Å²) in [4.78, 5) is 12.7. The number of aliphatic hydroxyl groups is 1. The first-order valence-electron chi connectivity index (χ1n) is 5.87. The largest absolute Gasteiger partial charge is 0.396 e. The minimum Gasteiger partial charge on any atom is -0.396 e. The molecule has 1 saturated carbocycles. The number of rotatable bonds is 3. The van der Waals surface area contributed by atoms with Gasteiger partial charge in [0.1, 0.15) is 0 Å². The molecule has 1 aliphatic heterocycles. The quantitative estimate of drug-likeness (QED) is 0.726. The van der Waals surface area contributed by atoms with E-state index in [9.17, 15) is 4.79 Å². The zero-order valence-corrected chi connectivity index (χ0v) is 9.06. The third-order valence-electron chi connectivity index (χ3n) is 3.93. The molecule has 86 valence electrons. The van der Waals surface area contributed by atoms with E-state index in [1.165, 1.54) is 6.42 Å². The standard InChI is InChI=1S/C11H20N2O2/c12-11(15)13-4-1-8(2-5-13)10-7-9(10)3-6-14/h8-10,14H,1-7H2,(H2,12,15). The number of hydrogen-bond acceptors (Lipinski definition) is 2. The van der Waals surface area contributed by atoms with E-state index in [0.717, 1.165) is 50.1 Å². The highest BCUT2D eigenvalue weighted by atomic mass is 16.3. The molecule has 4 nitrogen and oxygen atoms in total. The monoisotopic (exact) mass is 212 g/mol. The van der Waals surface area contributed by atoms with Crippen molar-refractivity contribution in [2.24, 2.45) is 23.5 Å². The number of hydrogen-bond donors (Lipinski definition) is 2. The Balaban J connectivity index is 1.73. The van der Waals surface area contributed by atoms with Gasteiger partial charge in [0, 0.05) is 19.7 Å². The van der Waals surface area contributed by atoms with E-state index in [1.54, 1.807) is 4.90 Å². The highest BCUT2D eigenvalue weighted by molar-refractivity contribution is 5.72. The molecule has 1 aliphatic carbocycles. The van der Waals surface area contributed by atoms with Crippen molar-refractivity contribution in [2.45, 2.75) is 25.7 Å². The Kier molecular flexibility index (Phi) is 3.14. The highest BCUT2D eigenvalue weighted by Gasteiger charge is 2.42. The lowest BCUT2D eigenvalue weighted by Gasteiger charge is -2.31. The van der Waals surface area contributed by atoms with Crippen molar-refractivity contribution >= 4 is 6.03 Å². The SMILES string of the molecule is NC(=O)N1CCC(C2CC2CCO)CC1. The van der Waals surface area contributed by atoms with Crippen LogP contribution in [0.4, 0.5) is 4.79 Å². The van der Waals surface area contributed by atoms with Gasteiger partial charge in [-0.2, -0.15) is 0 Å². The lowest BCUT2D eigenvalue weighted by Crippen LogP contribution is -2.42. The van der Waals surface area contributed by atoms with Crippen LogP contribution < -0.4 is 5.73 Å². The van der Waals surface area contributed by atoms with Gasteiger partial charge in [-0.1, -0.05) is 0 Å². The first-order valence-corrected chi connectivity index (χ1v) is 5.87. The number of nitrogens with zero attached hydrogens (tertiary/aromatic N) is 1. The summed E-state index contributed by atoms with van der Waals surface area (Å²) in [6, 6.07) is -0.281. The molecule has 0 aromatic carbocycles. The molecule has 0 aromatic rings. The summed E-state index contributed by atoms with van der Waals surface area (Å²) in [6.07, 6.45) is 4.42. The summed E-state index contributed by atoms with van der Waals surface area (Å²) in [7, 11) is 0. The Bertz CT molecular complexity index is 237. The predicted octanol–water partition coefficient (Wildman–Crippen LogP) is 0.796. The lowest BCUT2D eigenvalue weighted by molar-refractivity contribution is 0.169. The van der Waals surface area contributed by atoms with Crippen molar-refractivity contribution in [1.82, 2.24) is 4.90 Å². The Labute approximate surface area is 90.4 Å². The minimum atomic E-state index is -0.281. The normalized spacial score (nSPS) is 31.7. The Morgan fingerprint density at radius 2 is 2.07 bits per heavy atom. The van der Waals surface area contributed by atoms with Crippen molar-refractivity contribution in [3.05, 3.63) is 0 Å². The molecule has 1 heterocycles. The molecule has 1 saturated heterocycles. The molecule has 0 spiro atoms. The van der Waals surface area contributed by atoms with Crippen LogP contribution in [0.5, 0.6) is 0 Å². The van der Waals surface area contributed by atoms with Crippen molar-refractivity contribution in [3.63, 3.8) is 0 Å². The number of carbonyl (C=O) groups is 1. The number of amides is 2. The average Bonchev–Trinajstić information content (AvgIpc) is 2.98. The third-order valence-corrected chi connectivity index (χ3v) is 3.93. The van der Waals surface area contributed by atoms with Crippen LogP contribution >= 0.6 is 0 Å². The van der Waals surface area contributed by atoms with Gasteiger partial charge in [0.15, 0.2) is 0 Å². The van der Waals surface area contributed by atoms with Crippen molar-refractivity contribution < 1.29 is 9.90 Å². The molecule has 3 N–H and O–H groups in total. The van der Waals surface area contributed by atoms with Crippen LogP contribution in [0, 0.1) is 17.8 Å². The van der Waals surface area contributed by atoms with Crippen LogP contribution in [0.2, 0.25) is 0 Å². The minimum absolute atomic E-state index is 0.281. The number of piperidine rings is 1. The van der Waals surface area contributed by atoms with Crippen LogP contribution in [0.3, 0.4) is 0 Å². The zero-order chi connectivity index (χ0) is 10.8.